The Kier molecular flexibility index (Phi) is 2.93. The van der Waals surface area contributed by atoms with Gasteiger partial charge in [-0.25, -0.2) is 4.99 Å². The van der Waals surface area contributed by atoms with Gasteiger partial charge in [-0.15, -0.1) is 0 Å². The number of nitrogens with zero attached hydrogens (tertiary/aromatic N) is 3. The smallest absolute Gasteiger partial charge is 0.171 e. The number of fused-ring (bicyclic) bond motifs is 3. The molecule has 0 fully saturated rings. The molecule has 0 radical (unpaired) electrons. The molecule has 0 amide bonds. The number of amidine groups is 2. The lowest BCUT2D eigenvalue weighted by Crippen LogP contribution is -2.38. The molecular formula is C16H13N3OS. The molecule has 104 valence electrons. The second-order valence-corrected chi connectivity index (χ2v) is 5.79. The fourth-order valence-electron chi connectivity index (χ4n) is 2.69. The van der Waals surface area contributed by atoms with Gasteiger partial charge in [0.25, 0.3) is 0 Å². The van der Waals surface area contributed by atoms with E-state index in [-0.39, 0.29) is 5.78 Å². The number of carbonyl (C=O) groups excluding carboxylic acids is 1. The molecule has 4 rings (SSSR count). The maximum Gasteiger partial charge on any atom is 0.171 e. The van der Waals surface area contributed by atoms with Crippen molar-refractivity contribution < 1.29 is 4.79 Å². The third-order valence-electron chi connectivity index (χ3n) is 3.71. The zero-order chi connectivity index (χ0) is 14.2. The zero-order valence-corrected chi connectivity index (χ0v) is 12.1. The summed E-state index contributed by atoms with van der Waals surface area (Å²) >= 11 is 1.54. The Morgan fingerprint density at radius 1 is 1.29 bits per heavy atom. The van der Waals surface area contributed by atoms with Crippen LogP contribution in [0.3, 0.4) is 0 Å². The monoisotopic (exact) mass is 295 g/mol. The molecule has 0 N–H and O–H groups in total. The minimum atomic E-state index is 0.112. The molecule has 21 heavy (non-hydrogen) atoms. The first-order valence-corrected chi connectivity index (χ1v) is 7.81. The molecular weight excluding hydrogens is 282 g/mol. The predicted octanol–water partition coefficient (Wildman–Crippen LogP) is 3.13. The highest BCUT2D eigenvalue weighted by Gasteiger charge is 2.30. The second-order valence-electron chi connectivity index (χ2n) is 5.01. The number of hydrogen-bond acceptors (Lipinski definition) is 5. The number of para-hydroxylation sites is 1. The first-order valence-electron chi connectivity index (χ1n) is 6.87. The van der Waals surface area contributed by atoms with E-state index in [9.17, 15) is 4.79 Å². The highest BCUT2D eigenvalue weighted by atomic mass is 32.1. The van der Waals surface area contributed by atoms with Crippen LogP contribution in [0.5, 0.6) is 0 Å². The summed E-state index contributed by atoms with van der Waals surface area (Å²) in [5.74, 6) is 1.87. The minimum Gasteiger partial charge on any atom is -0.312 e. The van der Waals surface area contributed by atoms with Gasteiger partial charge in [0.1, 0.15) is 11.7 Å². The molecule has 1 aromatic carbocycles. The number of thiophene rings is 1. The lowest BCUT2D eigenvalue weighted by molar-refractivity contribution is 0.0999. The quantitative estimate of drug-likeness (QED) is 0.817. The third-order valence-corrected chi connectivity index (χ3v) is 4.39. The van der Waals surface area contributed by atoms with Crippen LogP contribution in [0, 0.1) is 0 Å². The number of hydrogen-bond donors (Lipinski definition) is 0. The van der Waals surface area contributed by atoms with E-state index in [0.717, 1.165) is 41.6 Å². The van der Waals surface area contributed by atoms with Crippen molar-refractivity contribution in [3.63, 3.8) is 0 Å². The van der Waals surface area contributed by atoms with Crippen LogP contribution in [0.25, 0.3) is 0 Å². The van der Waals surface area contributed by atoms with Gasteiger partial charge in [-0.05, 0) is 23.6 Å². The maximum absolute atomic E-state index is 12.3. The van der Waals surface area contributed by atoms with E-state index in [4.69, 9.17) is 0 Å². The van der Waals surface area contributed by atoms with E-state index in [1.165, 1.54) is 11.3 Å². The largest absolute Gasteiger partial charge is 0.312 e. The Bertz CT molecular complexity index is 762. The van der Waals surface area contributed by atoms with E-state index in [1.54, 1.807) is 0 Å². The number of carbonyl (C=O) groups is 1. The van der Waals surface area contributed by atoms with E-state index < -0.39 is 0 Å². The standard InChI is InChI=1S/C16H13N3OS/c20-14(11-5-8-21-10-11)9-15-18-13-4-2-1-3-12(13)16-17-6-7-19(15)16/h1-5,8,10H,6-7,9H2. The Morgan fingerprint density at radius 3 is 3.05 bits per heavy atom. The summed E-state index contributed by atoms with van der Waals surface area (Å²) in [4.78, 5) is 23.7. The van der Waals surface area contributed by atoms with Crippen molar-refractivity contribution in [1.29, 1.82) is 0 Å². The van der Waals surface area contributed by atoms with Gasteiger partial charge in [-0.2, -0.15) is 11.3 Å². The molecule has 0 aliphatic carbocycles. The van der Waals surface area contributed by atoms with Gasteiger partial charge in [-0.3, -0.25) is 9.79 Å². The van der Waals surface area contributed by atoms with E-state index in [1.807, 2.05) is 41.1 Å². The molecule has 0 spiro atoms. The summed E-state index contributed by atoms with van der Waals surface area (Å²) in [5, 5.41) is 3.81. The van der Waals surface area contributed by atoms with Gasteiger partial charge in [0.2, 0.25) is 0 Å². The highest BCUT2D eigenvalue weighted by molar-refractivity contribution is 7.08. The van der Waals surface area contributed by atoms with Crippen LogP contribution in [0.2, 0.25) is 0 Å². The first-order chi connectivity index (χ1) is 10.3. The number of benzene rings is 1. The number of aliphatic imine (C=N–C) groups is 2. The summed E-state index contributed by atoms with van der Waals surface area (Å²) < 4.78 is 0. The van der Waals surface area contributed by atoms with E-state index in [0.29, 0.717) is 6.42 Å². The van der Waals surface area contributed by atoms with Crippen molar-refractivity contribution in [3.8, 4) is 0 Å². The van der Waals surface area contributed by atoms with Crippen molar-refractivity contribution in [2.75, 3.05) is 13.1 Å². The SMILES string of the molecule is O=C(CC1=Nc2ccccc2C2=NCCN12)c1ccsc1. The fourth-order valence-corrected chi connectivity index (χ4v) is 3.35. The van der Waals surface area contributed by atoms with Crippen LogP contribution in [-0.2, 0) is 0 Å². The third kappa shape index (κ3) is 2.10. The molecule has 0 unspecified atom stereocenters. The molecule has 3 heterocycles. The predicted molar refractivity (Wildman–Crippen MR) is 84.9 cm³/mol. The van der Waals surface area contributed by atoms with Crippen LogP contribution in [0.4, 0.5) is 5.69 Å². The average Bonchev–Trinajstić information content (AvgIpc) is 3.19. The Hall–Kier alpha value is -2.27. The molecule has 5 heteroatoms. The van der Waals surface area contributed by atoms with Gasteiger partial charge in [0, 0.05) is 23.1 Å². The molecule has 0 saturated heterocycles. The lowest BCUT2D eigenvalue weighted by Gasteiger charge is -2.27. The summed E-state index contributed by atoms with van der Waals surface area (Å²) in [6, 6.07) is 9.83. The van der Waals surface area contributed by atoms with Crippen molar-refractivity contribution in [1.82, 2.24) is 4.90 Å². The summed E-state index contributed by atoms with van der Waals surface area (Å²) in [6.07, 6.45) is 0.323. The Morgan fingerprint density at radius 2 is 2.19 bits per heavy atom. The summed E-state index contributed by atoms with van der Waals surface area (Å²) in [5.41, 5.74) is 2.73. The molecule has 2 aliphatic rings. The topological polar surface area (TPSA) is 45.0 Å². The number of Topliss-reactive ketones (excluding diaryl/α,β-unsaturated/α-hetero) is 1. The summed E-state index contributed by atoms with van der Waals surface area (Å²) in [7, 11) is 0. The molecule has 0 atom stereocenters. The molecule has 1 aromatic heterocycles. The van der Waals surface area contributed by atoms with Gasteiger partial charge in [0.15, 0.2) is 5.78 Å². The number of rotatable bonds is 3. The van der Waals surface area contributed by atoms with Gasteiger partial charge >= 0.3 is 0 Å². The van der Waals surface area contributed by atoms with Gasteiger partial charge in [-0.1, -0.05) is 12.1 Å². The molecule has 0 bridgehead atoms. The van der Waals surface area contributed by atoms with Gasteiger partial charge in [0.05, 0.1) is 18.7 Å². The van der Waals surface area contributed by atoms with Crippen molar-refractivity contribution >= 4 is 34.5 Å². The van der Waals surface area contributed by atoms with Crippen LogP contribution in [-0.4, -0.2) is 35.4 Å². The average molecular weight is 295 g/mol. The molecule has 2 aromatic rings. The Labute approximate surface area is 126 Å². The van der Waals surface area contributed by atoms with E-state index >= 15 is 0 Å². The van der Waals surface area contributed by atoms with E-state index in [2.05, 4.69) is 14.9 Å². The van der Waals surface area contributed by atoms with Crippen molar-refractivity contribution in [2.24, 2.45) is 9.98 Å². The minimum absolute atomic E-state index is 0.112. The molecule has 0 saturated carbocycles. The second kappa shape index (κ2) is 4.93. The maximum atomic E-state index is 12.3. The van der Waals surface area contributed by atoms with Crippen LogP contribution < -0.4 is 0 Å². The highest BCUT2D eigenvalue weighted by Crippen LogP contribution is 2.29. The molecule has 4 nitrogen and oxygen atoms in total. The number of ketones is 1. The van der Waals surface area contributed by atoms with Crippen LogP contribution in [0.1, 0.15) is 22.3 Å². The molecule has 2 aliphatic heterocycles. The fraction of sp³-hybridized carbons (Fsp3) is 0.188. The van der Waals surface area contributed by atoms with Crippen molar-refractivity contribution in [2.45, 2.75) is 6.42 Å². The Balaban J connectivity index is 1.71. The summed E-state index contributed by atoms with van der Waals surface area (Å²) in [6.45, 7) is 1.56. The zero-order valence-electron chi connectivity index (χ0n) is 11.3. The van der Waals surface area contributed by atoms with Crippen LogP contribution in [0.15, 0.2) is 51.1 Å². The van der Waals surface area contributed by atoms with Gasteiger partial charge < -0.3 is 4.90 Å². The normalized spacial score (nSPS) is 16.1. The first kappa shape index (κ1) is 12.5. The van der Waals surface area contributed by atoms with Crippen molar-refractivity contribution in [3.05, 3.63) is 52.2 Å². The van der Waals surface area contributed by atoms with Crippen LogP contribution >= 0.6 is 11.3 Å². The lowest BCUT2D eigenvalue weighted by atomic mass is 10.1.